The molecule has 0 bridgehead atoms. The lowest BCUT2D eigenvalue weighted by Gasteiger charge is -2.35. The van der Waals surface area contributed by atoms with Crippen LogP contribution in [0, 0.1) is 11.8 Å². The van der Waals surface area contributed by atoms with Crippen LogP contribution in [0.1, 0.15) is 24.2 Å². The number of amides is 1. The Morgan fingerprint density at radius 1 is 1.42 bits per heavy atom. The third kappa shape index (κ3) is 1.89. The van der Waals surface area contributed by atoms with Gasteiger partial charge in [-0.1, -0.05) is 0 Å². The maximum atomic E-state index is 12.5. The van der Waals surface area contributed by atoms with Gasteiger partial charge >= 0.3 is 5.63 Å². The van der Waals surface area contributed by atoms with E-state index in [2.05, 4.69) is 19.2 Å². The first kappa shape index (κ1) is 12.4. The molecule has 5 nitrogen and oxygen atoms in total. The summed E-state index contributed by atoms with van der Waals surface area (Å²) in [6, 6.07) is 2.83. The zero-order chi connectivity index (χ0) is 13.6. The van der Waals surface area contributed by atoms with Crippen molar-refractivity contribution in [1.29, 1.82) is 0 Å². The van der Waals surface area contributed by atoms with E-state index in [4.69, 9.17) is 4.42 Å². The van der Waals surface area contributed by atoms with Crippen molar-refractivity contribution in [2.45, 2.75) is 19.4 Å². The highest BCUT2D eigenvalue weighted by molar-refractivity contribution is 5.94. The van der Waals surface area contributed by atoms with Gasteiger partial charge in [0.1, 0.15) is 6.26 Å². The topological polar surface area (TPSA) is 62.6 Å². The maximum absolute atomic E-state index is 12.5. The first-order valence-corrected chi connectivity index (χ1v) is 6.61. The van der Waals surface area contributed by atoms with E-state index in [-0.39, 0.29) is 11.4 Å². The molecule has 1 aromatic rings. The number of carbonyl (C=O) groups excluding carboxylic acids is 1. The van der Waals surface area contributed by atoms with Crippen LogP contribution in [0.5, 0.6) is 0 Å². The molecule has 3 rings (SSSR count). The largest absolute Gasteiger partial charge is 0.430 e. The Morgan fingerprint density at radius 3 is 2.84 bits per heavy atom. The Kier molecular flexibility index (Phi) is 2.74. The van der Waals surface area contributed by atoms with Crippen LogP contribution in [-0.4, -0.2) is 36.0 Å². The third-order valence-corrected chi connectivity index (χ3v) is 4.55. The van der Waals surface area contributed by atoms with E-state index in [1.807, 2.05) is 4.90 Å². The minimum Gasteiger partial charge on any atom is -0.430 e. The second-order valence-corrected chi connectivity index (χ2v) is 5.94. The molecule has 0 aromatic carbocycles. The van der Waals surface area contributed by atoms with Crippen molar-refractivity contribution >= 4 is 5.91 Å². The number of hydrogen-bond donors (Lipinski definition) is 1. The molecule has 102 valence electrons. The zero-order valence-electron chi connectivity index (χ0n) is 11.2. The van der Waals surface area contributed by atoms with Crippen LogP contribution in [0.2, 0.25) is 0 Å². The van der Waals surface area contributed by atoms with Gasteiger partial charge in [0, 0.05) is 31.2 Å². The van der Waals surface area contributed by atoms with E-state index in [0.29, 0.717) is 17.4 Å². The van der Waals surface area contributed by atoms with Gasteiger partial charge in [-0.2, -0.15) is 0 Å². The van der Waals surface area contributed by atoms with Gasteiger partial charge in [0.2, 0.25) is 0 Å². The Morgan fingerprint density at radius 2 is 2.21 bits per heavy atom. The first-order chi connectivity index (χ1) is 9.00. The Labute approximate surface area is 111 Å². The van der Waals surface area contributed by atoms with Gasteiger partial charge in [-0.15, -0.1) is 0 Å². The normalized spacial score (nSPS) is 28.4. The van der Waals surface area contributed by atoms with Gasteiger partial charge in [0.25, 0.3) is 5.91 Å². The summed E-state index contributed by atoms with van der Waals surface area (Å²) < 4.78 is 4.79. The molecule has 0 aliphatic carbocycles. The van der Waals surface area contributed by atoms with Crippen LogP contribution < -0.4 is 10.9 Å². The molecule has 0 saturated carbocycles. The predicted octanol–water partition coefficient (Wildman–Crippen LogP) is 0.710. The van der Waals surface area contributed by atoms with Crippen LogP contribution >= 0.6 is 0 Å². The summed E-state index contributed by atoms with van der Waals surface area (Å²) in [5.74, 6) is 0.963. The highest BCUT2D eigenvalue weighted by atomic mass is 16.4. The Balaban J connectivity index is 1.88. The molecule has 2 fully saturated rings. The van der Waals surface area contributed by atoms with Crippen molar-refractivity contribution in [3.05, 3.63) is 34.4 Å². The van der Waals surface area contributed by atoms with Gasteiger partial charge in [0.15, 0.2) is 0 Å². The lowest BCUT2D eigenvalue weighted by Crippen LogP contribution is -2.47. The van der Waals surface area contributed by atoms with Crippen LogP contribution in [0.25, 0.3) is 0 Å². The smallest absolute Gasteiger partial charge is 0.335 e. The first-order valence-electron chi connectivity index (χ1n) is 6.61. The summed E-state index contributed by atoms with van der Waals surface area (Å²) in [7, 11) is 0. The highest BCUT2D eigenvalue weighted by Gasteiger charge is 2.51. The third-order valence-electron chi connectivity index (χ3n) is 4.55. The average molecular weight is 262 g/mol. The van der Waals surface area contributed by atoms with Crippen molar-refractivity contribution in [2.75, 3.05) is 19.6 Å². The molecular formula is C14H18N2O3. The summed E-state index contributed by atoms with van der Waals surface area (Å²) in [5, 5.41) is 3.39. The van der Waals surface area contributed by atoms with Crippen molar-refractivity contribution in [3.8, 4) is 0 Å². The van der Waals surface area contributed by atoms with Crippen molar-refractivity contribution < 1.29 is 9.21 Å². The number of nitrogens with one attached hydrogen (secondary N) is 1. The van der Waals surface area contributed by atoms with Crippen molar-refractivity contribution in [3.63, 3.8) is 0 Å². The molecule has 2 aliphatic heterocycles. The van der Waals surface area contributed by atoms with E-state index < -0.39 is 5.63 Å². The fourth-order valence-corrected chi connectivity index (χ4v) is 3.40. The summed E-state index contributed by atoms with van der Waals surface area (Å²) in [4.78, 5) is 25.4. The molecule has 0 radical (unpaired) electrons. The molecule has 0 spiro atoms. The maximum Gasteiger partial charge on any atom is 0.335 e. The van der Waals surface area contributed by atoms with E-state index in [1.165, 1.54) is 18.4 Å². The summed E-state index contributed by atoms with van der Waals surface area (Å²) in [5.41, 5.74) is -0.152. The van der Waals surface area contributed by atoms with Gasteiger partial charge in [-0.05, 0) is 31.7 Å². The molecule has 2 aliphatic rings. The van der Waals surface area contributed by atoms with E-state index >= 15 is 0 Å². The van der Waals surface area contributed by atoms with Crippen LogP contribution in [-0.2, 0) is 0 Å². The molecule has 2 atom stereocenters. The predicted molar refractivity (Wildman–Crippen MR) is 69.9 cm³/mol. The number of carbonyl (C=O) groups is 1. The molecule has 2 unspecified atom stereocenters. The zero-order valence-corrected chi connectivity index (χ0v) is 11.2. The lowest BCUT2D eigenvalue weighted by molar-refractivity contribution is 0.0600. The van der Waals surface area contributed by atoms with Crippen LogP contribution in [0.15, 0.2) is 27.6 Å². The average Bonchev–Trinajstić information content (AvgIpc) is 2.92. The number of rotatable bonds is 1. The number of hydrogen-bond acceptors (Lipinski definition) is 4. The highest BCUT2D eigenvalue weighted by Crippen LogP contribution is 2.41. The number of likely N-dealkylation sites (tertiary alicyclic amines) is 1. The van der Waals surface area contributed by atoms with E-state index in [0.717, 1.165) is 19.6 Å². The standard InChI is InChI=1S/C14H18N2O3/c1-14(2)11-6-15-5-10(11)7-16(14)13(18)9-3-4-12(17)19-8-9/h3-4,8,10-11,15H,5-7H2,1-2H3. The van der Waals surface area contributed by atoms with Gasteiger partial charge < -0.3 is 14.6 Å². The van der Waals surface area contributed by atoms with Crippen molar-refractivity contribution in [1.82, 2.24) is 10.2 Å². The number of fused-ring (bicyclic) bond motifs is 1. The minimum atomic E-state index is -0.432. The molecule has 3 heterocycles. The van der Waals surface area contributed by atoms with Gasteiger partial charge in [-0.25, -0.2) is 4.79 Å². The van der Waals surface area contributed by atoms with Crippen LogP contribution in [0.4, 0.5) is 0 Å². The summed E-state index contributed by atoms with van der Waals surface area (Å²) in [6.07, 6.45) is 1.26. The molecule has 19 heavy (non-hydrogen) atoms. The van der Waals surface area contributed by atoms with Gasteiger partial charge in [-0.3, -0.25) is 4.79 Å². The quantitative estimate of drug-likeness (QED) is 0.809. The van der Waals surface area contributed by atoms with Gasteiger partial charge in [0.05, 0.1) is 5.56 Å². The summed E-state index contributed by atoms with van der Waals surface area (Å²) in [6.45, 7) is 6.93. The molecule has 1 N–H and O–H groups in total. The fraction of sp³-hybridized carbons (Fsp3) is 0.571. The Bertz CT molecular complexity index is 544. The second kappa shape index (κ2) is 4.20. The molecule has 2 saturated heterocycles. The fourth-order valence-electron chi connectivity index (χ4n) is 3.40. The molecular weight excluding hydrogens is 244 g/mol. The van der Waals surface area contributed by atoms with Crippen LogP contribution in [0.3, 0.4) is 0 Å². The monoisotopic (exact) mass is 262 g/mol. The molecule has 1 aromatic heterocycles. The number of nitrogens with zero attached hydrogens (tertiary/aromatic N) is 1. The summed E-state index contributed by atoms with van der Waals surface area (Å²) >= 11 is 0. The molecule has 1 amide bonds. The van der Waals surface area contributed by atoms with E-state index in [1.54, 1.807) is 0 Å². The van der Waals surface area contributed by atoms with E-state index in [9.17, 15) is 9.59 Å². The Hall–Kier alpha value is -1.62. The SMILES string of the molecule is CC1(C)C2CNCC2CN1C(=O)c1ccc(=O)oc1. The second-order valence-electron chi connectivity index (χ2n) is 5.94. The minimum absolute atomic E-state index is 0.0526. The van der Waals surface area contributed by atoms with Crippen molar-refractivity contribution in [2.24, 2.45) is 11.8 Å². The molecule has 5 heteroatoms. The lowest BCUT2D eigenvalue weighted by atomic mass is 9.85.